The lowest BCUT2D eigenvalue weighted by Gasteiger charge is -2.41. The SMILES string of the molecule is CC1(C)Cc2cc(C(=O)O)ccc2NC1c1cccc(C2CCCCC2)c1. The lowest BCUT2D eigenvalue weighted by atomic mass is 9.72. The first-order valence-corrected chi connectivity index (χ1v) is 10.2. The standard InChI is InChI=1S/C24H29NO2/c1-24(2)15-20-14-19(23(26)27)11-12-21(20)25-22(24)18-10-6-9-17(13-18)16-7-4-3-5-8-16/h6,9-14,16,22,25H,3-5,7-8,15H2,1-2H3,(H,26,27). The predicted molar refractivity (Wildman–Crippen MR) is 110 cm³/mol. The van der Waals surface area contributed by atoms with Gasteiger partial charge in [-0.15, -0.1) is 0 Å². The second-order valence-electron chi connectivity index (χ2n) is 8.92. The third kappa shape index (κ3) is 3.60. The van der Waals surface area contributed by atoms with Crippen molar-refractivity contribution in [2.45, 2.75) is 64.3 Å². The van der Waals surface area contributed by atoms with Gasteiger partial charge in [0.2, 0.25) is 0 Å². The van der Waals surface area contributed by atoms with Crippen LogP contribution in [0.1, 0.15) is 85.0 Å². The monoisotopic (exact) mass is 363 g/mol. The van der Waals surface area contributed by atoms with Crippen molar-refractivity contribution in [3.63, 3.8) is 0 Å². The van der Waals surface area contributed by atoms with E-state index in [1.807, 2.05) is 12.1 Å². The minimum Gasteiger partial charge on any atom is -0.478 e. The maximum absolute atomic E-state index is 11.3. The molecule has 1 heterocycles. The van der Waals surface area contributed by atoms with Crippen molar-refractivity contribution in [3.8, 4) is 0 Å². The van der Waals surface area contributed by atoms with Gasteiger partial charge in [-0.05, 0) is 65.5 Å². The van der Waals surface area contributed by atoms with Crippen LogP contribution in [0.25, 0.3) is 0 Å². The molecule has 2 aromatic rings. The third-order valence-electron chi connectivity index (χ3n) is 6.40. The number of aromatic carboxylic acids is 1. The van der Waals surface area contributed by atoms with Gasteiger partial charge in [-0.3, -0.25) is 0 Å². The quantitative estimate of drug-likeness (QED) is 0.686. The topological polar surface area (TPSA) is 49.3 Å². The van der Waals surface area contributed by atoms with E-state index in [0.717, 1.165) is 17.7 Å². The third-order valence-corrected chi connectivity index (χ3v) is 6.40. The summed E-state index contributed by atoms with van der Waals surface area (Å²) >= 11 is 0. The van der Waals surface area contributed by atoms with Gasteiger partial charge in [0.25, 0.3) is 0 Å². The fourth-order valence-electron chi connectivity index (χ4n) is 4.92. The van der Waals surface area contributed by atoms with E-state index in [1.54, 1.807) is 6.07 Å². The Labute approximate surface area is 161 Å². The molecular formula is C24H29NO2. The number of hydrogen-bond acceptors (Lipinski definition) is 2. The normalized spacial score (nSPS) is 21.9. The number of anilines is 1. The summed E-state index contributed by atoms with van der Waals surface area (Å²) in [7, 11) is 0. The van der Waals surface area contributed by atoms with Crippen molar-refractivity contribution in [3.05, 3.63) is 64.7 Å². The van der Waals surface area contributed by atoms with Crippen molar-refractivity contribution < 1.29 is 9.90 Å². The second-order valence-corrected chi connectivity index (χ2v) is 8.92. The Morgan fingerprint density at radius 2 is 1.78 bits per heavy atom. The van der Waals surface area contributed by atoms with Gasteiger partial charge < -0.3 is 10.4 Å². The van der Waals surface area contributed by atoms with Gasteiger partial charge in [-0.25, -0.2) is 4.79 Å². The van der Waals surface area contributed by atoms with E-state index in [4.69, 9.17) is 0 Å². The number of carbonyl (C=O) groups is 1. The smallest absolute Gasteiger partial charge is 0.335 e. The molecule has 1 saturated carbocycles. The van der Waals surface area contributed by atoms with Gasteiger partial charge >= 0.3 is 5.97 Å². The van der Waals surface area contributed by atoms with Crippen LogP contribution in [0.4, 0.5) is 5.69 Å². The van der Waals surface area contributed by atoms with Crippen LogP contribution >= 0.6 is 0 Å². The molecule has 3 heteroatoms. The molecule has 0 saturated heterocycles. The first-order valence-electron chi connectivity index (χ1n) is 10.2. The van der Waals surface area contributed by atoms with E-state index in [1.165, 1.54) is 43.2 Å². The molecule has 2 aliphatic rings. The lowest BCUT2D eigenvalue weighted by Crippen LogP contribution is -2.35. The zero-order valence-corrected chi connectivity index (χ0v) is 16.3. The highest BCUT2D eigenvalue weighted by molar-refractivity contribution is 5.88. The average Bonchev–Trinajstić information content (AvgIpc) is 2.67. The Hall–Kier alpha value is -2.29. The second kappa shape index (κ2) is 7.03. The predicted octanol–water partition coefficient (Wildman–Crippen LogP) is 6.17. The van der Waals surface area contributed by atoms with E-state index in [-0.39, 0.29) is 11.5 Å². The largest absolute Gasteiger partial charge is 0.478 e. The number of rotatable bonds is 3. The molecule has 3 nitrogen and oxygen atoms in total. The number of fused-ring (bicyclic) bond motifs is 1. The van der Waals surface area contributed by atoms with Gasteiger partial charge in [0, 0.05) is 5.69 Å². The van der Waals surface area contributed by atoms with Crippen LogP contribution in [0.2, 0.25) is 0 Å². The number of hydrogen-bond donors (Lipinski definition) is 2. The van der Waals surface area contributed by atoms with Crippen molar-refractivity contribution in [2.24, 2.45) is 5.41 Å². The molecule has 0 amide bonds. The first-order chi connectivity index (χ1) is 12.9. The van der Waals surface area contributed by atoms with Crippen LogP contribution in [0.3, 0.4) is 0 Å². The molecule has 0 aromatic heterocycles. The van der Waals surface area contributed by atoms with Crippen molar-refractivity contribution in [2.75, 3.05) is 5.32 Å². The van der Waals surface area contributed by atoms with E-state index in [9.17, 15) is 9.90 Å². The molecule has 142 valence electrons. The number of carboxylic acid groups (broad SMARTS) is 1. The molecule has 4 rings (SSSR count). The Kier molecular flexibility index (Phi) is 4.71. The zero-order chi connectivity index (χ0) is 19.0. The molecule has 27 heavy (non-hydrogen) atoms. The Bertz CT molecular complexity index is 849. The molecule has 1 aliphatic carbocycles. The maximum Gasteiger partial charge on any atom is 0.335 e. The zero-order valence-electron chi connectivity index (χ0n) is 16.3. The molecule has 1 atom stereocenters. The van der Waals surface area contributed by atoms with Gasteiger partial charge in [0.15, 0.2) is 0 Å². The first kappa shape index (κ1) is 18.1. The minimum atomic E-state index is -0.863. The number of nitrogens with one attached hydrogen (secondary N) is 1. The minimum absolute atomic E-state index is 0.00924. The Morgan fingerprint density at radius 3 is 2.52 bits per heavy atom. The van der Waals surface area contributed by atoms with Crippen LogP contribution in [-0.2, 0) is 6.42 Å². The van der Waals surface area contributed by atoms with Crippen LogP contribution in [0.15, 0.2) is 42.5 Å². The molecule has 0 spiro atoms. The van der Waals surface area contributed by atoms with E-state index >= 15 is 0 Å². The van der Waals surface area contributed by atoms with Crippen LogP contribution in [-0.4, -0.2) is 11.1 Å². The summed E-state index contributed by atoms with van der Waals surface area (Å²) in [6.07, 6.45) is 7.57. The molecule has 1 fully saturated rings. The summed E-state index contributed by atoms with van der Waals surface area (Å²) in [5, 5.41) is 13.0. The highest BCUT2D eigenvalue weighted by Crippen LogP contribution is 2.45. The Balaban J connectivity index is 1.65. The Morgan fingerprint density at radius 1 is 1.04 bits per heavy atom. The summed E-state index contributed by atoms with van der Waals surface area (Å²) in [4.78, 5) is 11.3. The maximum atomic E-state index is 11.3. The van der Waals surface area contributed by atoms with Gasteiger partial charge in [0.05, 0.1) is 11.6 Å². The molecule has 1 unspecified atom stereocenters. The summed E-state index contributed by atoms with van der Waals surface area (Å²) in [5.74, 6) is -0.159. The summed E-state index contributed by atoms with van der Waals surface area (Å²) in [6.45, 7) is 4.54. The fraction of sp³-hybridized carbons (Fsp3) is 0.458. The van der Waals surface area contributed by atoms with Crippen LogP contribution < -0.4 is 5.32 Å². The highest BCUT2D eigenvalue weighted by Gasteiger charge is 2.36. The molecule has 2 N–H and O–H groups in total. The summed E-state index contributed by atoms with van der Waals surface area (Å²) < 4.78 is 0. The van der Waals surface area contributed by atoms with E-state index in [2.05, 4.69) is 43.4 Å². The molecule has 0 bridgehead atoms. The molecule has 1 aliphatic heterocycles. The van der Waals surface area contributed by atoms with Crippen molar-refractivity contribution >= 4 is 11.7 Å². The van der Waals surface area contributed by atoms with E-state index < -0.39 is 5.97 Å². The van der Waals surface area contributed by atoms with Crippen molar-refractivity contribution in [1.29, 1.82) is 0 Å². The van der Waals surface area contributed by atoms with E-state index in [0.29, 0.717) is 11.5 Å². The summed E-state index contributed by atoms with van der Waals surface area (Å²) in [5.41, 5.74) is 5.36. The molecule has 0 radical (unpaired) electrons. The number of carboxylic acids is 1. The fourth-order valence-corrected chi connectivity index (χ4v) is 4.92. The van der Waals surface area contributed by atoms with Gasteiger partial charge in [-0.2, -0.15) is 0 Å². The van der Waals surface area contributed by atoms with Gasteiger partial charge in [0.1, 0.15) is 0 Å². The number of benzene rings is 2. The van der Waals surface area contributed by atoms with Gasteiger partial charge in [-0.1, -0.05) is 57.4 Å². The molecular weight excluding hydrogens is 334 g/mol. The van der Waals surface area contributed by atoms with Crippen LogP contribution in [0, 0.1) is 5.41 Å². The summed E-state index contributed by atoms with van der Waals surface area (Å²) in [6, 6.07) is 14.8. The van der Waals surface area contributed by atoms with Crippen molar-refractivity contribution in [1.82, 2.24) is 0 Å². The average molecular weight is 364 g/mol. The highest BCUT2D eigenvalue weighted by atomic mass is 16.4. The molecule has 2 aromatic carbocycles. The van der Waals surface area contributed by atoms with Crippen LogP contribution in [0.5, 0.6) is 0 Å². The lowest BCUT2D eigenvalue weighted by molar-refractivity contribution is 0.0696.